The standard InChI is InChI=1S/C14H15BrClN3/c1-9-2-3-10(6-13(9)16)14(19-17)7-12-5-4-11(15)8-18-12/h2-6,8,14,19H,7,17H2,1H3. The molecule has 1 heterocycles. The van der Waals surface area contributed by atoms with Crippen molar-refractivity contribution in [2.24, 2.45) is 5.84 Å². The molecule has 1 aromatic carbocycles. The van der Waals surface area contributed by atoms with Gasteiger partial charge in [-0.05, 0) is 52.2 Å². The highest BCUT2D eigenvalue weighted by atomic mass is 79.9. The molecule has 0 aliphatic rings. The first-order valence-electron chi connectivity index (χ1n) is 5.92. The lowest BCUT2D eigenvalue weighted by Gasteiger charge is -2.16. The van der Waals surface area contributed by atoms with Crippen molar-refractivity contribution in [1.82, 2.24) is 10.4 Å². The first-order chi connectivity index (χ1) is 9.10. The van der Waals surface area contributed by atoms with E-state index in [9.17, 15) is 0 Å². The summed E-state index contributed by atoms with van der Waals surface area (Å²) in [5.41, 5.74) is 5.91. The maximum Gasteiger partial charge on any atom is 0.0515 e. The fraction of sp³-hybridized carbons (Fsp3) is 0.214. The van der Waals surface area contributed by atoms with Gasteiger partial charge in [0.25, 0.3) is 0 Å². The lowest BCUT2D eigenvalue weighted by atomic mass is 10.0. The van der Waals surface area contributed by atoms with E-state index in [1.807, 2.05) is 37.3 Å². The molecule has 0 spiro atoms. The third-order valence-corrected chi connectivity index (χ3v) is 3.88. The molecule has 1 unspecified atom stereocenters. The summed E-state index contributed by atoms with van der Waals surface area (Å²) in [4.78, 5) is 4.36. The molecule has 2 rings (SSSR count). The third kappa shape index (κ3) is 3.76. The van der Waals surface area contributed by atoms with Gasteiger partial charge in [0.2, 0.25) is 0 Å². The van der Waals surface area contributed by atoms with Crippen molar-refractivity contribution in [2.75, 3.05) is 0 Å². The number of aromatic nitrogens is 1. The minimum atomic E-state index is -0.00762. The largest absolute Gasteiger partial charge is 0.271 e. The summed E-state index contributed by atoms with van der Waals surface area (Å²) >= 11 is 9.52. The van der Waals surface area contributed by atoms with Crippen LogP contribution in [0.5, 0.6) is 0 Å². The van der Waals surface area contributed by atoms with E-state index in [2.05, 4.69) is 26.3 Å². The van der Waals surface area contributed by atoms with E-state index in [4.69, 9.17) is 17.4 Å². The zero-order valence-electron chi connectivity index (χ0n) is 10.5. The zero-order valence-corrected chi connectivity index (χ0v) is 12.9. The summed E-state index contributed by atoms with van der Waals surface area (Å²) in [7, 11) is 0. The number of nitrogens with zero attached hydrogens (tertiary/aromatic N) is 1. The molecule has 0 amide bonds. The van der Waals surface area contributed by atoms with Crippen molar-refractivity contribution in [3.8, 4) is 0 Å². The van der Waals surface area contributed by atoms with Crippen LogP contribution < -0.4 is 11.3 Å². The Bertz CT molecular complexity index is 557. The second-order valence-corrected chi connectivity index (χ2v) is 5.72. The molecule has 100 valence electrons. The van der Waals surface area contributed by atoms with Crippen LogP contribution in [0, 0.1) is 6.92 Å². The number of nitrogens with two attached hydrogens (primary N) is 1. The lowest BCUT2D eigenvalue weighted by Crippen LogP contribution is -2.29. The molecule has 0 radical (unpaired) electrons. The number of hydrogen-bond donors (Lipinski definition) is 2. The highest BCUT2D eigenvalue weighted by Gasteiger charge is 2.12. The second-order valence-electron chi connectivity index (χ2n) is 4.40. The summed E-state index contributed by atoms with van der Waals surface area (Å²) in [6, 6.07) is 9.91. The average molecular weight is 341 g/mol. The molecular formula is C14H15BrClN3. The van der Waals surface area contributed by atoms with Crippen LogP contribution in [0.2, 0.25) is 5.02 Å². The molecule has 0 saturated heterocycles. The SMILES string of the molecule is Cc1ccc(C(Cc2ccc(Br)cn2)NN)cc1Cl. The second kappa shape index (κ2) is 6.48. The number of aryl methyl sites for hydroxylation is 1. The quantitative estimate of drug-likeness (QED) is 0.661. The number of rotatable bonds is 4. The van der Waals surface area contributed by atoms with Crippen LogP contribution in [0.3, 0.4) is 0 Å². The van der Waals surface area contributed by atoms with Crippen LogP contribution in [0.15, 0.2) is 41.0 Å². The molecule has 0 fully saturated rings. The van der Waals surface area contributed by atoms with Gasteiger partial charge >= 0.3 is 0 Å². The van der Waals surface area contributed by atoms with E-state index < -0.39 is 0 Å². The van der Waals surface area contributed by atoms with Crippen LogP contribution in [-0.4, -0.2) is 4.98 Å². The van der Waals surface area contributed by atoms with Gasteiger partial charge in [-0.3, -0.25) is 16.3 Å². The maximum absolute atomic E-state index is 6.15. The first kappa shape index (κ1) is 14.5. The molecule has 1 atom stereocenters. The van der Waals surface area contributed by atoms with Crippen LogP contribution in [0.4, 0.5) is 0 Å². The van der Waals surface area contributed by atoms with Crippen LogP contribution in [0.25, 0.3) is 0 Å². The molecular weight excluding hydrogens is 326 g/mol. The number of pyridine rings is 1. The Morgan fingerprint density at radius 2 is 2.16 bits per heavy atom. The Hall–Kier alpha value is -0.940. The maximum atomic E-state index is 6.15. The topological polar surface area (TPSA) is 50.9 Å². The van der Waals surface area contributed by atoms with Gasteiger partial charge in [-0.25, -0.2) is 0 Å². The van der Waals surface area contributed by atoms with Crippen molar-refractivity contribution in [3.63, 3.8) is 0 Å². The number of hydrazine groups is 1. The minimum absolute atomic E-state index is 0.00762. The molecule has 3 N–H and O–H groups in total. The predicted octanol–water partition coefficient (Wildman–Crippen LogP) is 3.55. The van der Waals surface area contributed by atoms with E-state index in [-0.39, 0.29) is 6.04 Å². The van der Waals surface area contributed by atoms with E-state index in [0.29, 0.717) is 6.42 Å². The number of benzene rings is 1. The van der Waals surface area contributed by atoms with Crippen molar-refractivity contribution in [3.05, 3.63) is 62.8 Å². The van der Waals surface area contributed by atoms with Gasteiger partial charge in [0.05, 0.1) is 6.04 Å². The molecule has 0 aliphatic carbocycles. The molecule has 3 nitrogen and oxygen atoms in total. The highest BCUT2D eigenvalue weighted by Crippen LogP contribution is 2.23. The van der Waals surface area contributed by atoms with Crippen molar-refractivity contribution >= 4 is 27.5 Å². The number of halogens is 2. The fourth-order valence-electron chi connectivity index (χ4n) is 1.84. The lowest BCUT2D eigenvalue weighted by molar-refractivity contribution is 0.546. The van der Waals surface area contributed by atoms with Crippen LogP contribution in [-0.2, 0) is 6.42 Å². The molecule has 2 aromatic rings. The van der Waals surface area contributed by atoms with E-state index in [1.165, 1.54) is 0 Å². The monoisotopic (exact) mass is 339 g/mol. The number of hydrogen-bond acceptors (Lipinski definition) is 3. The average Bonchev–Trinajstić information content (AvgIpc) is 2.41. The Labute approximate surface area is 126 Å². The molecule has 0 bridgehead atoms. The summed E-state index contributed by atoms with van der Waals surface area (Å²) in [6.45, 7) is 1.98. The third-order valence-electron chi connectivity index (χ3n) is 3.00. The summed E-state index contributed by atoms with van der Waals surface area (Å²) < 4.78 is 0.965. The van der Waals surface area contributed by atoms with Crippen molar-refractivity contribution in [1.29, 1.82) is 0 Å². The summed E-state index contributed by atoms with van der Waals surface area (Å²) in [5.74, 6) is 5.64. The smallest absolute Gasteiger partial charge is 0.0515 e. The van der Waals surface area contributed by atoms with Crippen LogP contribution in [0.1, 0.15) is 22.9 Å². The van der Waals surface area contributed by atoms with Gasteiger partial charge in [-0.2, -0.15) is 0 Å². The van der Waals surface area contributed by atoms with Gasteiger partial charge in [-0.1, -0.05) is 23.7 Å². The van der Waals surface area contributed by atoms with E-state index in [1.54, 1.807) is 6.20 Å². The highest BCUT2D eigenvalue weighted by molar-refractivity contribution is 9.10. The fourth-order valence-corrected chi connectivity index (χ4v) is 2.26. The predicted molar refractivity (Wildman–Crippen MR) is 81.9 cm³/mol. The van der Waals surface area contributed by atoms with Gasteiger partial charge in [-0.15, -0.1) is 0 Å². The minimum Gasteiger partial charge on any atom is -0.271 e. The van der Waals surface area contributed by atoms with Crippen molar-refractivity contribution < 1.29 is 0 Å². The first-order valence-corrected chi connectivity index (χ1v) is 7.10. The number of nitrogens with one attached hydrogen (secondary N) is 1. The molecule has 0 saturated carbocycles. The summed E-state index contributed by atoms with van der Waals surface area (Å²) in [6.07, 6.45) is 2.49. The normalized spacial score (nSPS) is 12.4. The van der Waals surface area contributed by atoms with Gasteiger partial charge in [0.15, 0.2) is 0 Å². The van der Waals surface area contributed by atoms with Gasteiger partial charge in [0.1, 0.15) is 0 Å². The Morgan fingerprint density at radius 3 is 2.74 bits per heavy atom. The Balaban J connectivity index is 2.19. The van der Waals surface area contributed by atoms with Gasteiger partial charge < -0.3 is 0 Å². The molecule has 0 aliphatic heterocycles. The van der Waals surface area contributed by atoms with E-state index in [0.717, 1.165) is 26.3 Å². The van der Waals surface area contributed by atoms with Crippen LogP contribution >= 0.6 is 27.5 Å². The van der Waals surface area contributed by atoms with Gasteiger partial charge in [0, 0.05) is 27.8 Å². The van der Waals surface area contributed by atoms with Crippen molar-refractivity contribution in [2.45, 2.75) is 19.4 Å². The van der Waals surface area contributed by atoms with E-state index >= 15 is 0 Å². The Kier molecular flexibility index (Phi) is 4.93. The zero-order chi connectivity index (χ0) is 13.8. The molecule has 19 heavy (non-hydrogen) atoms. The summed E-state index contributed by atoms with van der Waals surface area (Å²) in [5, 5.41) is 0.751. The molecule has 5 heteroatoms. The molecule has 1 aromatic heterocycles. The Morgan fingerprint density at radius 1 is 1.37 bits per heavy atom.